The molecule has 4 nitrogen and oxygen atoms in total. The van der Waals surface area contributed by atoms with Crippen molar-refractivity contribution < 1.29 is 9.53 Å². The number of ether oxygens (including phenoxy) is 1. The maximum Gasteiger partial charge on any atom is 0.250 e. The van der Waals surface area contributed by atoms with Crippen molar-refractivity contribution in [1.82, 2.24) is 0 Å². The lowest BCUT2D eigenvalue weighted by atomic mass is 9.85. The summed E-state index contributed by atoms with van der Waals surface area (Å²) < 4.78 is 4.74. The van der Waals surface area contributed by atoms with Gasteiger partial charge < -0.3 is 15.8 Å². The Morgan fingerprint density at radius 3 is 2.41 bits per heavy atom. The van der Waals surface area contributed by atoms with Crippen LogP contribution < -0.4 is 11.1 Å². The van der Waals surface area contributed by atoms with Gasteiger partial charge in [0.15, 0.2) is 0 Å². The van der Waals surface area contributed by atoms with Gasteiger partial charge in [-0.05, 0) is 17.7 Å². The van der Waals surface area contributed by atoms with E-state index in [0.29, 0.717) is 6.54 Å². The summed E-state index contributed by atoms with van der Waals surface area (Å²) in [6.07, 6.45) is 0. The third-order valence-corrected chi connectivity index (χ3v) is 2.74. The summed E-state index contributed by atoms with van der Waals surface area (Å²) >= 11 is 0. The van der Waals surface area contributed by atoms with E-state index >= 15 is 0 Å². The van der Waals surface area contributed by atoms with Crippen LogP contribution in [0.3, 0.4) is 0 Å². The van der Waals surface area contributed by atoms with E-state index in [-0.39, 0.29) is 17.9 Å². The number of methoxy groups -OCH3 is 1. The second-order valence-corrected chi connectivity index (χ2v) is 4.65. The number of anilines is 1. The third-order valence-electron chi connectivity index (χ3n) is 2.74. The molecule has 1 aromatic rings. The fraction of sp³-hybridized carbons (Fsp3) is 0.462. The van der Waals surface area contributed by atoms with Crippen LogP contribution in [0.1, 0.15) is 19.4 Å². The average molecular weight is 236 g/mol. The number of amides is 1. The molecular weight excluding hydrogens is 216 g/mol. The molecule has 17 heavy (non-hydrogen) atoms. The van der Waals surface area contributed by atoms with E-state index in [1.54, 1.807) is 0 Å². The topological polar surface area (TPSA) is 64.3 Å². The van der Waals surface area contributed by atoms with Crippen molar-refractivity contribution in [2.45, 2.75) is 19.3 Å². The van der Waals surface area contributed by atoms with Gasteiger partial charge in [-0.3, -0.25) is 4.79 Å². The van der Waals surface area contributed by atoms with Crippen LogP contribution in [0.2, 0.25) is 0 Å². The SMILES string of the molecule is COCC(=O)Nc1ccc(C(C)(C)CN)cc1. The van der Waals surface area contributed by atoms with E-state index < -0.39 is 0 Å². The van der Waals surface area contributed by atoms with E-state index in [0.717, 1.165) is 11.3 Å². The van der Waals surface area contributed by atoms with Gasteiger partial charge in [-0.1, -0.05) is 26.0 Å². The zero-order valence-corrected chi connectivity index (χ0v) is 10.6. The molecular formula is C13H20N2O2. The van der Waals surface area contributed by atoms with Gasteiger partial charge in [-0.25, -0.2) is 0 Å². The van der Waals surface area contributed by atoms with Crippen LogP contribution in [0.15, 0.2) is 24.3 Å². The molecule has 4 heteroatoms. The first kappa shape index (κ1) is 13.7. The third kappa shape index (κ3) is 3.84. The van der Waals surface area contributed by atoms with Crippen LogP contribution in [-0.4, -0.2) is 26.2 Å². The van der Waals surface area contributed by atoms with Crippen molar-refractivity contribution in [3.8, 4) is 0 Å². The van der Waals surface area contributed by atoms with Crippen molar-refractivity contribution in [3.63, 3.8) is 0 Å². The Morgan fingerprint density at radius 2 is 1.94 bits per heavy atom. The standard InChI is InChI=1S/C13H20N2O2/c1-13(2,9-14)10-4-6-11(7-5-10)15-12(16)8-17-3/h4-7H,8-9,14H2,1-3H3,(H,15,16). The van der Waals surface area contributed by atoms with Crippen LogP contribution in [0.5, 0.6) is 0 Å². The van der Waals surface area contributed by atoms with Crippen LogP contribution in [0.25, 0.3) is 0 Å². The lowest BCUT2D eigenvalue weighted by molar-refractivity contribution is -0.119. The van der Waals surface area contributed by atoms with E-state index in [1.807, 2.05) is 24.3 Å². The number of benzene rings is 1. The zero-order valence-electron chi connectivity index (χ0n) is 10.6. The minimum atomic E-state index is -0.154. The van der Waals surface area contributed by atoms with Crippen molar-refractivity contribution in [2.75, 3.05) is 25.6 Å². The van der Waals surface area contributed by atoms with Gasteiger partial charge in [0.1, 0.15) is 6.61 Å². The molecule has 0 bridgehead atoms. The number of hydrogen-bond acceptors (Lipinski definition) is 3. The summed E-state index contributed by atoms with van der Waals surface area (Å²) in [6, 6.07) is 7.71. The largest absolute Gasteiger partial charge is 0.375 e. The first-order valence-electron chi connectivity index (χ1n) is 5.59. The molecule has 0 aliphatic rings. The summed E-state index contributed by atoms with van der Waals surface area (Å²) in [5, 5.41) is 2.74. The summed E-state index contributed by atoms with van der Waals surface area (Å²) in [5.74, 6) is -0.154. The lowest BCUT2D eigenvalue weighted by Crippen LogP contribution is -2.28. The Bertz CT molecular complexity index is 372. The molecule has 0 saturated carbocycles. The van der Waals surface area contributed by atoms with Crippen LogP contribution in [0, 0.1) is 0 Å². The van der Waals surface area contributed by atoms with Gasteiger partial charge in [0.2, 0.25) is 5.91 Å². The van der Waals surface area contributed by atoms with Crippen molar-refractivity contribution in [1.29, 1.82) is 0 Å². The highest BCUT2D eigenvalue weighted by Gasteiger charge is 2.17. The molecule has 94 valence electrons. The van der Waals surface area contributed by atoms with Crippen LogP contribution in [0.4, 0.5) is 5.69 Å². The number of carbonyl (C=O) groups is 1. The first-order valence-corrected chi connectivity index (χ1v) is 5.59. The van der Waals surface area contributed by atoms with Crippen molar-refractivity contribution in [2.24, 2.45) is 5.73 Å². The Morgan fingerprint density at radius 1 is 1.35 bits per heavy atom. The number of carbonyl (C=O) groups excluding carboxylic acids is 1. The lowest BCUT2D eigenvalue weighted by Gasteiger charge is -2.23. The number of nitrogens with one attached hydrogen (secondary N) is 1. The molecule has 1 amide bonds. The Kier molecular flexibility index (Phi) is 4.66. The fourth-order valence-electron chi connectivity index (χ4n) is 1.45. The molecule has 1 aromatic carbocycles. The second kappa shape index (κ2) is 5.80. The summed E-state index contributed by atoms with van der Waals surface area (Å²) in [6.45, 7) is 4.83. The zero-order chi connectivity index (χ0) is 12.9. The number of hydrogen-bond donors (Lipinski definition) is 2. The van der Waals surface area contributed by atoms with Crippen molar-refractivity contribution in [3.05, 3.63) is 29.8 Å². The van der Waals surface area contributed by atoms with Gasteiger partial charge in [-0.15, -0.1) is 0 Å². The maximum atomic E-state index is 11.3. The molecule has 3 N–H and O–H groups in total. The highest BCUT2D eigenvalue weighted by Crippen LogP contribution is 2.23. The van der Waals surface area contributed by atoms with Crippen LogP contribution in [-0.2, 0) is 14.9 Å². The number of nitrogens with two attached hydrogens (primary N) is 1. The predicted molar refractivity (Wildman–Crippen MR) is 69.0 cm³/mol. The summed E-state index contributed by atoms with van der Waals surface area (Å²) in [4.78, 5) is 11.3. The minimum absolute atomic E-state index is 0.0466. The molecule has 0 unspecified atom stereocenters. The van der Waals surface area contributed by atoms with E-state index in [9.17, 15) is 4.79 Å². The molecule has 0 aromatic heterocycles. The Balaban J connectivity index is 2.72. The monoisotopic (exact) mass is 236 g/mol. The highest BCUT2D eigenvalue weighted by molar-refractivity contribution is 5.91. The van der Waals surface area contributed by atoms with Crippen molar-refractivity contribution >= 4 is 11.6 Å². The smallest absolute Gasteiger partial charge is 0.250 e. The summed E-state index contributed by atoms with van der Waals surface area (Å²) in [7, 11) is 1.49. The molecule has 0 heterocycles. The molecule has 0 spiro atoms. The predicted octanol–water partition coefficient (Wildman–Crippen LogP) is 1.51. The second-order valence-electron chi connectivity index (χ2n) is 4.65. The normalized spacial score (nSPS) is 11.3. The molecule has 0 radical (unpaired) electrons. The number of rotatable bonds is 5. The minimum Gasteiger partial charge on any atom is -0.375 e. The molecule has 1 rings (SSSR count). The van der Waals surface area contributed by atoms with Gasteiger partial charge >= 0.3 is 0 Å². The molecule has 0 fully saturated rings. The van der Waals surface area contributed by atoms with E-state index in [4.69, 9.17) is 10.5 Å². The molecule has 0 aliphatic heterocycles. The first-order chi connectivity index (χ1) is 7.99. The van der Waals surface area contributed by atoms with Crippen LogP contribution >= 0.6 is 0 Å². The van der Waals surface area contributed by atoms with Gasteiger partial charge in [0.05, 0.1) is 0 Å². The van der Waals surface area contributed by atoms with E-state index in [2.05, 4.69) is 19.2 Å². The quantitative estimate of drug-likeness (QED) is 0.814. The molecule has 0 aliphatic carbocycles. The van der Waals surface area contributed by atoms with E-state index in [1.165, 1.54) is 7.11 Å². The highest BCUT2D eigenvalue weighted by atomic mass is 16.5. The molecule has 0 atom stereocenters. The molecule has 0 saturated heterocycles. The van der Waals surface area contributed by atoms with Gasteiger partial charge in [-0.2, -0.15) is 0 Å². The van der Waals surface area contributed by atoms with Gasteiger partial charge in [0.25, 0.3) is 0 Å². The summed E-state index contributed by atoms with van der Waals surface area (Å²) in [5.41, 5.74) is 7.59. The van der Waals surface area contributed by atoms with Gasteiger partial charge in [0, 0.05) is 24.8 Å². The average Bonchev–Trinajstić information content (AvgIpc) is 2.30. The fourth-order valence-corrected chi connectivity index (χ4v) is 1.45. The Labute approximate surface area is 102 Å². The Hall–Kier alpha value is -1.39. The maximum absolute atomic E-state index is 11.3.